The van der Waals surface area contributed by atoms with Crippen LogP contribution < -0.4 is 0 Å². The van der Waals surface area contributed by atoms with Gasteiger partial charge in [-0.3, -0.25) is 0 Å². The van der Waals surface area contributed by atoms with Crippen LogP contribution >= 0.6 is 0 Å². The molecule has 4 heteroatoms. The van der Waals surface area contributed by atoms with Crippen molar-refractivity contribution in [2.75, 3.05) is 0 Å². The molecular formula is C8H7BO3. The van der Waals surface area contributed by atoms with Crippen molar-refractivity contribution < 1.29 is 14.6 Å². The Balaban J connectivity index is 2.25. The summed E-state index contributed by atoms with van der Waals surface area (Å²) in [7, 11) is 1.52. The number of aliphatic carboxylic acids is 1. The molecule has 1 heterocycles. The number of fused-ring (bicyclic) bond motifs is 1. The Labute approximate surface area is 70.3 Å². The molecule has 0 aromatic carbocycles. The summed E-state index contributed by atoms with van der Waals surface area (Å²) in [6.45, 7) is 0. The molecule has 0 bridgehead atoms. The molecule has 1 aliphatic heterocycles. The van der Waals surface area contributed by atoms with Gasteiger partial charge in [0, 0.05) is 0 Å². The van der Waals surface area contributed by atoms with Crippen LogP contribution in [0, 0.1) is 5.92 Å². The maximum atomic E-state index is 10.6. The number of carboxylic acids is 1. The van der Waals surface area contributed by atoms with Crippen LogP contribution in [0.5, 0.6) is 0 Å². The van der Waals surface area contributed by atoms with E-state index >= 15 is 0 Å². The van der Waals surface area contributed by atoms with E-state index in [1.54, 1.807) is 0 Å². The Kier molecular flexibility index (Phi) is 1.61. The fourth-order valence-corrected chi connectivity index (χ4v) is 1.41. The second-order valence-corrected chi connectivity index (χ2v) is 2.78. The van der Waals surface area contributed by atoms with Crippen molar-refractivity contribution in [3.8, 4) is 0 Å². The first-order chi connectivity index (χ1) is 5.79. The van der Waals surface area contributed by atoms with Crippen molar-refractivity contribution in [2.24, 2.45) is 5.92 Å². The van der Waals surface area contributed by atoms with E-state index in [-0.39, 0.29) is 5.92 Å². The molecule has 0 saturated heterocycles. The molecule has 1 aliphatic carbocycles. The predicted octanol–water partition coefficient (Wildman–Crippen LogP) is 0.00360. The molecule has 0 saturated carbocycles. The van der Waals surface area contributed by atoms with Gasteiger partial charge in [-0.2, -0.15) is 0 Å². The Morgan fingerprint density at radius 3 is 3.17 bits per heavy atom. The second kappa shape index (κ2) is 2.62. The molecule has 2 unspecified atom stereocenters. The van der Waals surface area contributed by atoms with Crippen LogP contribution in [0.2, 0.25) is 0 Å². The van der Waals surface area contributed by atoms with Gasteiger partial charge >= 0.3 is 69.4 Å². The topological polar surface area (TPSA) is 46.5 Å². The summed E-state index contributed by atoms with van der Waals surface area (Å²) in [5.41, 5.74) is 0.935. The van der Waals surface area contributed by atoms with Crippen molar-refractivity contribution in [3.63, 3.8) is 0 Å². The van der Waals surface area contributed by atoms with E-state index in [0.29, 0.717) is 0 Å². The van der Waals surface area contributed by atoms with Gasteiger partial charge in [0.15, 0.2) is 0 Å². The normalized spacial score (nSPS) is 30.2. The fraction of sp³-hybridized carbons (Fsp3) is 0.250. The zero-order valence-electron chi connectivity index (χ0n) is 6.31. The third-order valence-electron chi connectivity index (χ3n) is 2.02. The van der Waals surface area contributed by atoms with Crippen molar-refractivity contribution >= 4 is 18.6 Å². The van der Waals surface area contributed by atoms with Gasteiger partial charge in [-0.05, 0) is 0 Å². The molecule has 60 valence electrons. The summed E-state index contributed by atoms with van der Waals surface area (Å²) in [6.07, 6.45) is 6.69. The molecular weight excluding hydrogens is 155 g/mol. The van der Waals surface area contributed by atoms with Crippen LogP contribution in [-0.4, -0.2) is 29.8 Å². The first-order valence-electron chi connectivity index (χ1n) is 3.72. The van der Waals surface area contributed by atoms with E-state index in [4.69, 9.17) is 9.76 Å². The summed E-state index contributed by atoms with van der Waals surface area (Å²) in [4.78, 5) is 10.6. The van der Waals surface area contributed by atoms with Crippen LogP contribution in [0.25, 0.3) is 0 Å². The van der Waals surface area contributed by atoms with Gasteiger partial charge in [0.1, 0.15) is 0 Å². The van der Waals surface area contributed by atoms with E-state index in [1.807, 2.05) is 24.3 Å². The van der Waals surface area contributed by atoms with E-state index in [1.165, 1.54) is 7.12 Å². The van der Waals surface area contributed by atoms with Crippen molar-refractivity contribution in [3.05, 3.63) is 24.3 Å². The molecule has 0 amide bonds. The van der Waals surface area contributed by atoms with Crippen LogP contribution in [0.3, 0.4) is 0 Å². The fourth-order valence-electron chi connectivity index (χ4n) is 1.41. The Bertz CT molecular complexity index is 303. The minimum atomic E-state index is -0.911. The standard InChI is InChI=1S/C8H7BO3/c10-8(11)7-5-3-1-2-4-6(5)9-12-7/h1-5,7H,(H,10,11). The second-order valence-electron chi connectivity index (χ2n) is 2.78. The predicted molar refractivity (Wildman–Crippen MR) is 45.0 cm³/mol. The van der Waals surface area contributed by atoms with Crippen LogP contribution in [0.15, 0.2) is 24.3 Å². The molecule has 1 N–H and O–H groups in total. The number of hydrogen-bond donors (Lipinski definition) is 1. The van der Waals surface area contributed by atoms with Crippen molar-refractivity contribution in [1.82, 2.24) is 0 Å². The summed E-state index contributed by atoms with van der Waals surface area (Å²) < 4.78 is 5.00. The molecule has 0 radical (unpaired) electrons. The number of allylic oxidation sites excluding steroid dienone is 3. The molecule has 0 aromatic rings. The summed E-state index contributed by atoms with van der Waals surface area (Å²) in [5.74, 6) is -1.02. The molecule has 0 spiro atoms. The van der Waals surface area contributed by atoms with Crippen molar-refractivity contribution in [1.29, 1.82) is 0 Å². The molecule has 2 aliphatic rings. The average Bonchev–Trinajstić information content (AvgIpc) is 2.47. The number of carbonyl (C=O) groups is 1. The van der Waals surface area contributed by atoms with Gasteiger partial charge in [-0.1, -0.05) is 0 Å². The molecule has 2 atom stereocenters. The number of carboxylic acid groups (broad SMARTS) is 1. The quantitative estimate of drug-likeness (QED) is 0.552. The summed E-state index contributed by atoms with van der Waals surface area (Å²) in [6, 6.07) is 0. The van der Waals surface area contributed by atoms with E-state index < -0.39 is 12.1 Å². The van der Waals surface area contributed by atoms with Crippen LogP contribution in [0.4, 0.5) is 0 Å². The molecule has 0 aromatic heterocycles. The third-order valence-corrected chi connectivity index (χ3v) is 2.02. The first-order valence-corrected chi connectivity index (χ1v) is 3.72. The Hall–Kier alpha value is -1.32. The molecule has 12 heavy (non-hydrogen) atoms. The zero-order chi connectivity index (χ0) is 8.55. The molecule has 0 fully saturated rings. The van der Waals surface area contributed by atoms with E-state index in [2.05, 4.69) is 0 Å². The summed E-state index contributed by atoms with van der Waals surface area (Å²) >= 11 is 0. The zero-order valence-corrected chi connectivity index (χ0v) is 6.31. The van der Waals surface area contributed by atoms with Crippen LogP contribution in [0.1, 0.15) is 0 Å². The minimum absolute atomic E-state index is 0.104. The van der Waals surface area contributed by atoms with Gasteiger partial charge in [0.2, 0.25) is 0 Å². The SMILES string of the molecule is O=C(O)C1OB=C2C=CC=CC21. The number of rotatable bonds is 1. The molecule has 2 rings (SSSR count). The van der Waals surface area contributed by atoms with Crippen molar-refractivity contribution in [2.45, 2.75) is 6.10 Å². The average molecular weight is 162 g/mol. The Morgan fingerprint density at radius 1 is 1.58 bits per heavy atom. The van der Waals surface area contributed by atoms with E-state index in [9.17, 15) is 4.79 Å². The summed E-state index contributed by atoms with van der Waals surface area (Å²) in [5, 5.41) is 8.74. The molecule has 3 nitrogen and oxygen atoms in total. The monoisotopic (exact) mass is 162 g/mol. The van der Waals surface area contributed by atoms with Gasteiger partial charge < -0.3 is 0 Å². The van der Waals surface area contributed by atoms with Gasteiger partial charge in [-0.15, -0.1) is 0 Å². The van der Waals surface area contributed by atoms with Crippen LogP contribution in [-0.2, 0) is 9.45 Å². The Morgan fingerprint density at radius 2 is 2.42 bits per heavy atom. The maximum absolute atomic E-state index is 10.6. The first kappa shape index (κ1) is 7.34. The van der Waals surface area contributed by atoms with Gasteiger partial charge in [-0.25, -0.2) is 0 Å². The third kappa shape index (κ3) is 0.997. The van der Waals surface area contributed by atoms with E-state index in [0.717, 1.165) is 5.46 Å². The number of hydrogen-bond acceptors (Lipinski definition) is 2. The van der Waals surface area contributed by atoms with Gasteiger partial charge in [0.25, 0.3) is 0 Å². The van der Waals surface area contributed by atoms with Gasteiger partial charge in [0.05, 0.1) is 0 Å².